The highest BCUT2D eigenvalue weighted by Gasteiger charge is 1.97. The van der Waals surface area contributed by atoms with Crippen molar-refractivity contribution in [2.45, 2.75) is 18.7 Å². The zero-order chi connectivity index (χ0) is 10.6. The molecule has 0 saturated heterocycles. The molecule has 1 rings (SSSR count). The van der Waals surface area contributed by atoms with Gasteiger partial charge in [-0.1, -0.05) is 34.1 Å². The van der Waals surface area contributed by atoms with Gasteiger partial charge in [-0.25, -0.2) is 0 Å². The molecule has 1 aromatic rings. The second-order valence-electron chi connectivity index (χ2n) is 3.27. The van der Waals surface area contributed by atoms with E-state index in [2.05, 4.69) is 47.1 Å². The van der Waals surface area contributed by atoms with Crippen LogP contribution >= 0.6 is 15.9 Å². The predicted octanol–water partition coefficient (Wildman–Crippen LogP) is 3.80. The number of methoxy groups -OCH3 is 1. The van der Waals surface area contributed by atoms with Crippen molar-refractivity contribution < 1.29 is 4.74 Å². The molecule has 76 valence electrons. The molecule has 0 fully saturated rings. The molecule has 0 radical (unpaired) electrons. The molecule has 0 bridgehead atoms. The standard InChI is InChI=1S/C12H15BrO/c1-9-8-11(5-4-10(2)13)6-7-12(9)14-3/h4-8,10H,1-3H3/b5-4+. The smallest absolute Gasteiger partial charge is 0.121 e. The van der Waals surface area contributed by atoms with Crippen molar-refractivity contribution in [1.82, 2.24) is 0 Å². The van der Waals surface area contributed by atoms with E-state index in [4.69, 9.17) is 4.74 Å². The maximum atomic E-state index is 5.19. The van der Waals surface area contributed by atoms with Crippen LogP contribution in [-0.2, 0) is 0 Å². The number of ether oxygens (including phenoxy) is 1. The Morgan fingerprint density at radius 3 is 2.64 bits per heavy atom. The van der Waals surface area contributed by atoms with Gasteiger partial charge in [0.15, 0.2) is 0 Å². The van der Waals surface area contributed by atoms with Crippen molar-refractivity contribution in [2.75, 3.05) is 7.11 Å². The summed E-state index contributed by atoms with van der Waals surface area (Å²) in [6.45, 7) is 4.14. The maximum absolute atomic E-state index is 5.19. The summed E-state index contributed by atoms with van der Waals surface area (Å²) in [6.07, 6.45) is 4.22. The van der Waals surface area contributed by atoms with Gasteiger partial charge in [-0.15, -0.1) is 0 Å². The van der Waals surface area contributed by atoms with Crippen LogP contribution < -0.4 is 4.74 Å². The van der Waals surface area contributed by atoms with Gasteiger partial charge in [0.1, 0.15) is 5.75 Å². The molecule has 0 aliphatic carbocycles. The molecule has 0 N–H and O–H groups in total. The summed E-state index contributed by atoms with van der Waals surface area (Å²) in [5.41, 5.74) is 2.37. The van der Waals surface area contributed by atoms with E-state index in [1.807, 2.05) is 13.0 Å². The summed E-state index contributed by atoms with van der Waals surface area (Å²) in [6, 6.07) is 6.16. The van der Waals surface area contributed by atoms with Crippen LogP contribution in [0, 0.1) is 6.92 Å². The first-order chi connectivity index (χ1) is 6.63. The van der Waals surface area contributed by atoms with Crippen LogP contribution in [0.5, 0.6) is 5.75 Å². The lowest BCUT2D eigenvalue weighted by Gasteiger charge is -2.04. The lowest BCUT2D eigenvalue weighted by Crippen LogP contribution is -1.87. The summed E-state index contributed by atoms with van der Waals surface area (Å²) >= 11 is 3.47. The molecule has 0 aromatic heterocycles. The molecular weight excluding hydrogens is 240 g/mol. The Kier molecular flexibility index (Phi) is 4.21. The minimum Gasteiger partial charge on any atom is -0.496 e. The fourth-order valence-electron chi connectivity index (χ4n) is 1.25. The highest BCUT2D eigenvalue weighted by molar-refractivity contribution is 9.09. The molecule has 1 unspecified atom stereocenters. The Morgan fingerprint density at radius 2 is 2.14 bits per heavy atom. The van der Waals surface area contributed by atoms with Crippen molar-refractivity contribution in [3.05, 3.63) is 35.4 Å². The Hall–Kier alpha value is -0.760. The number of benzene rings is 1. The SMILES string of the molecule is COc1ccc(/C=C/C(C)Br)cc1C. The van der Waals surface area contributed by atoms with E-state index in [1.54, 1.807) is 7.11 Å². The number of hydrogen-bond donors (Lipinski definition) is 0. The third-order valence-corrected chi connectivity index (χ3v) is 2.28. The van der Waals surface area contributed by atoms with Crippen LogP contribution in [0.2, 0.25) is 0 Å². The summed E-state index contributed by atoms with van der Waals surface area (Å²) in [5, 5.41) is 0. The van der Waals surface area contributed by atoms with Crippen LogP contribution in [0.3, 0.4) is 0 Å². The van der Waals surface area contributed by atoms with Gasteiger partial charge in [-0.05, 0) is 37.1 Å². The van der Waals surface area contributed by atoms with Crippen LogP contribution in [-0.4, -0.2) is 11.9 Å². The van der Waals surface area contributed by atoms with Crippen LogP contribution in [0.1, 0.15) is 18.1 Å². The van der Waals surface area contributed by atoms with Crippen molar-refractivity contribution >= 4 is 22.0 Å². The molecule has 1 aromatic carbocycles. The van der Waals surface area contributed by atoms with Gasteiger partial charge >= 0.3 is 0 Å². The topological polar surface area (TPSA) is 9.23 Å². The molecule has 2 heteroatoms. The normalized spacial score (nSPS) is 13.1. The van der Waals surface area contributed by atoms with E-state index in [9.17, 15) is 0 Å². The zero-order valence-electron chi connectivity index (χ0n) is 8.75. The molecule has 0 aliphatic heterocycles. The lowest BCUT2D eigenvalue weighted by molar-refractivity contribution is 0.411. The van der Waals surface area contributed by atoms with Crippen molar-refractivity contribution in [2.24, 2.45) is 0 Å². The predicted molar refractivity (Wildman–Crippen MR) is 65.2 cm³/mol. The van der Waals surface area contributed by atoms with E-state index in [-0.39, 0.29) is 0 Å². The first-order valence-corrected chi connectivity index (χ1v) is 5.52. The summed E-state index contributed by atoms with van der Waals surface area (Å²) in [7, 11) is 1.69. The van der Waals surface area contributed by atoms with Gasteiger partial charge in [-0.3, -0.25) is 0 Å². The van der Waals surface area contributed by atoms with Crippen molar-refractivity contribution in [1.29, 1.82) is 0 Å². The van der Waals surface area contributed by atoms with E-state index in [1.165, 1.54) is 5.56 Å². The fourth-order valence-corrected chi connectivity index (χ4v) is 1.40. The molecule has 14 heavy (non-hydrogen) atoms. The van der Waals surface area contributed by atoms with Crippen LogP contribution in [0.4, 0.5) is 0 Å². The number of hydrogen-bond acceptors (Lipinski definition) is 1. The Labute approximate surface area is 93.9 Å². The van der Waals surface area contributed by atoms with E-state index in [0.717, 1.165) is 11.3 Å². The highest BCUT2D eigenvalue weighted by atomic mass is 79.9. The Morgan fingerprint density at radius 1 is 1.43 bits per heavy atom. The van der Waals surface area contributed by atoms with Gasteiger partial charge in [0.25, 0.3) is 0 Å². The zero-order valence-corrected chi connectivity index (χ0v) is 10.3. The number of allylic oxidation sites excluding steroid dienone is 1. The van der Waals surface area contributed by atoms with Gasteiger partial charge in [0, 0.05) is 4.83 Å². The van der Waals surface area contributed by atoms with Gasteiger partial charge in [0.05, 0.1) is 7.11 Å². The monoisotopic (exact) mass is 254 g/mol. The quantitative estimate of drug-likeness (QED) is 0.746. The average Bonchev–Trinajstić information content (AvgIpc) is 2.15. The first-order valence-electron chi connectivity index (χ1n) is 4.60. The molecule has 1 atom stereocenters. The molecule has 0 heterocycles. The summed E-state index contributed by atoms with van der Waals surface area (Å²) < 4.78 is 5.19. The third-order valence-electron chi connectivity index (χ3n) is 1.97. The maximum Gasteiger partial charge on any atom is 0.121 e. The highest BCUT2D eigenvalue weighted by Crippen LogP contribution is 2.19. The van der Waals surface area contributed by atoms with Gasteiger partial charge < -0.3 is 4.74 Å². The largest absolute Gasteiger partial charge is 0.496 e. The Bertz CT molecular complexity index is 329. The van der Waals surface area contributed by atoms with E-state index < -0.39 is 0 Å². The minimum absolute atomic E-state index is 0.407. The summed E-state index contributed by atoms with van der Waals surface area (Å²) in [4.78, 5) is 0.407. The Balaban J connectivity index is 2.86. The molecule has 0 aliphatic rings. The minimum atomic E-state index is 0.407. The third kappa shape index (κ3) is 3.18. The number of aryl methyl sites for hydroxylation is 1. The van der Waals surface area contributed by atoms with E-state index >= 15 is 0 Å². The molecule has 1 nitrogen and oxygen atoms in total. The van der Waals surface area contributed by atoms with Crippen molar-refractivity contribution in [3.63, 3.8) is 0 Å². The second kappa shape index (κ2) is 5.20. The van der Waals surface area contributed by atoms with Crippen molar-refractivity contribution in [3.8, 4) is 5.75 Å². The van der Waals surface area contributed by atoms with Gasteiger partial charge in [-0.2, -0.15) is 0 Å². The van der Waals surface area contributed by atoms with Gasteiger partial charge in [0.2, 0.25) is 0 Å². The van der Waals surface area contributed by atoms with Crippen LogP contribution in [0.15, 0.2) is 24.3 Å². The molecule has 0 saturated carbocycles. The fraction of sp³-hybridized carbons (Fsp3) is 0.333. The van der Waals surface area contributed by atoms with E-state index in [0.29, 0.717) is 4.83 Å². The molecule has 0 spiro atoms. The first kappa shape index (κ1) is 11.3. The summed E-state index contributed by atoms with van der Waals surface area (Å²) in [5.74, 6) is 0.939. The second-order valence-corrected chi connectivity index (χ2v) is 4.71. The number of rotatable bonds is 3. The lowest BCUT2D eigenvalue weighted by atomic mass is 10.1. The average molecular weight is 255 g/mol. The molecular formula is C12H15BrO. The number of halogens is 1. The molecule has 0 amide bonds. The van der Waals surface area contributed by atoms with Crippen LogP contribution in [0.25, 0.3) is 6.08 Å². The number of alkyl halides is 1.